The molecule has 0 saturated heterocycles. The zero-order valence-corrected chi connectivity index (χ0v) is 11.4. The van der Waals surface area contributed by atoms with E-state index in [4.69, 9.17) is 0 Å². The van der Waals surface area contributed by atoms with Crippen molar-refractivity contribution in [2.75, 3.05) is 0 Å². The maximum Gasteiger partial charge on any atom is 0.172 e. The number of hydrogen-bond acceptors (Lipinski definition) is 2. The number of thiophene rings is 1. The van der Waals surface area contributed by atoms with Crippen molar-refractivity contribution in [1.29, 1.82) is 0 Å². The molecular formula is C16H15NOS. The van der Waals surface area contributed by atoms with Crippen molar-refractivity contribution in [1.82, 2.24) is 4.57 Å². The van der Waals surface area contributed by atoms with Gasteiger partial charge in [-0.15, -0.1) is 11.3 Å². The number of aryl methyl sites for hydroxylation is 1. The quantitative estimate of drug-likeness (QED) is 0.630. The number of fused-ring (bicyclic) bond motifs is 1. The fourth-order valence-corrected chi connectivity index (χ4v) is 3.00. The van der Waals surface area contributed by atoms with E-state index in [0.717, 1.165) is 17.8 Å². The molecule has 0 bridgehead atoms. The summed E-state index contributed by atoms with van der Waals surface area (Å²) in [5.74, 6) is 0.256. The summed E-state index contributed by atoms with van der Waals surface area (Å²) >= 11 is 1.53. The maximum atomic E-state index is 11.9. The van der Waals surface area contributed by atoms with Crippen molar-refractivity contribution in [2.45, 2.75) is 19.4 Å². The zero-order valence-electron chi connectivity index (χ0n) is 10.6. The minimum atomic E-state index is 0.256. The Bertz CT molecular complexity index is 682. The highest BCUT2D eigenvalue weighted by molar-refractivity contribution is 7.12. The molecule has 96 valence electrons. The Balaban J connectivity index is 1.62. The second kappa shape index (κ2) is 5.41. The van der Waals surface area contributed by atoms with E-state index >= 15 is 0 Å². The fourth-order valence-electron chi connectivity index (χ4n) is 2.31. The first-order valence-electron chi connectivity index (χ1n) is 6.45. The first-order valence-corrected chi connectivity index (χ1v) is 7.33. The third-order valence-electron chi connectivity index (χ3n) is 3.28. The molecule has 2 aromatic heterocycles. The van der Waals surface area contributed by atoms with Crippen molar-refractivity contribution >= 4 is 28.0 Å². The number of nitrogens with zero attached hydrogens (tertiary/aromatic N) is 1. The van der Waals surface area contributed by atoms with Crippen LogP contribution in [-0.2, 0) is 6.54 Å². The number of rotatable bonds is 5. The second-order valence-electron chi connectivity index (χ2n) is 4.57. The van der Waals surface area contributed by atoms with Crippen LogP contribution in [0.25, 0.3) is 10.9 Å². The summed E-state index contributed by atoms with van der Waals surface area (Å²) in [7, 11) is 0. The average Bonchev–Trinajstić information content (AvgIpc) is 3.08. The molecule has 0 aliphatic carbocycles. The van der Waals surface area contributed by atoms with Gasteiger partial charge in [-0.3, -0.25) is 4.79 Å². The van der Waals surface area contributed by atoms with E-state index in [9.17, 15) is 4.79 Å². The minimum Gasteiger partial charge on any atom is -0.347 e. The number of ketones is 1. The predicted octanol–water partition coefficient (Wildman–Crippen LogP) is 4.37. The van der Waals surface area contributed by atoms with Crippen LogP contribution in [0.2, 0.25) is 0 Å². The van der Waals surface area contributed by atoms with Gasteiger partial charge in [0, 0.05) is 24.7 Å². The van der Waals surface area contributed by atoms with E-state index < -0.39 is 0 Å². The van der Waals surface area contributed by atoms with Gasteiger partial charge in [-0.2, -0.15) is 0 Å². The molecule has 0 spiro atoms. The van der Waals surface area contributed by atoms with Gasteiger partial charge in [0.1, 0.15) is 0 Å². The van der Waals surface area contributed by atoms with E-state index in [1.807, 2.05) is 23.6 Å². The molecule has 0 unspecified atom stereocenters. The normalized spacial score (nSPS) is 10.9. The molecule has 0 atom stereocenters. The standard InChI is InChI=1S/C16H15NOS/c18-15(16-8-4-12-19-16)7-3-10-17-11-9-13-5-1-2-6-14(13)17/h1-2,4-6,8-9,11-12H,3,7,10H2. The van der Waals surface area contributed by atoms with E-state index in [1.165, 1.54) is 22.2 Å². The summed E-state index contributed by atoms with van der Waals surface area (Å²) in [4.78, 5) is 12.8. The number of benzene rings is 1. The third kappa shape index (κ3) is 2.61. The van der Waals surface area contributed by atoms with Crippen molar-refractivity contribution in [3.05, 3.63) is 58.9 Å². The largest absolute Gasteiger partial charge is 0.347 e. The number of carbonyl (C=O) groups is 1. The Morgan fingerprint density at radius 2 is 2.00 bits per heavy atom. The highest BCUT2D eigenvalue weighted by atomic mass is 32.1. The molecule has 0 N–H and O–H groups in total. The van der Waals surface area contributed by atoms with Gasteiger partial charge >= 0.3 is 0 Å². The molecule has 0 fully saturated rings. The summed E-state index contributed by atoms with van der Waals surface area (Å²) in [6.07, 6.45) is 3.60. The van der Waals surface area contributed by atoms with Crippen LogP contribution in [0.3, 0.4) is 0 Å². The molecule has 3 heteroatoms. The Hall–Kier alpha value is -1.87. The highest BCUT2D eigenvalue weighted by Crippen LogP contribution is 2.17. The van der Waals surface area contributed by atoms with Crippen LogP contribution in [0.4, 0.5) is 0 Å². The van der Waals surface area contributed by atoms with Gasteiger partial charge in [0.25, 0.3) is 0 Å². The van der Waals surface area contributed by atoms with Crippen molar-refractivity contribution in [3.8, 4) is 0 Å². The molecule has 3 rings (SSSR count). The van der Waals surface area contributed by atoms with Crippen molar-refractivity contribution < 1.29 is 4.79 Å². The number of hydrogen-bond donors (Lipinski definition) is 0. The monoisotopic (exact) mass is 269 g/mol. The first-order chi connectivity index (χ1) is 9.34. The van der Waals surface area contributed by atoms with Crippen molar-refractivity contribution in [3.63, 3.8) is 0 Å². The molecular weight excluding hydrogens is 254 g/mol. The molecule has 0 aliphatic heterocycles. The summed E-state index contributed by atoms with van der Waals surface area (Å²) in [5.41, 5.74) is 1.24. The van der Waals surface area contributed by atoms with E-state index in [1.54, 1.807) is 0 Å². The molecule has 0 saturated carbocycles. The lowest BCUT2D eigenvalue weighted by atomic mass is 10.2. The Kier molecular flexibility index (Phi) is 3.47. The second-order valence-corrected chi connectivity index (χ2v) is 5.52. The molecule has 3 aromatic rings. The van der Waals surface area contributed by atoms with Crippen molar-refractivity contribution in [2.24, 2.45) is 0 Å². The van der Waals surface area contributed by atoms with Gasteiger partial charge in [0.15, 0.2) is 5.78 Å². The van der Waals surface area contributed by atoms with Gasteiger partial charge in [-0.1, -0.05) is 24.3 Å². The SMILES string of the molecule is O=C(CCCn1ccc2ccccc21)c1cccs1. The van der Waals surface area contributed by atoms with Crippen LogP contribution in [0, 0.1) is 0 Å². The Morgan fingerprint density at radius 1 is 1.11 bits per heavy atom. The lowest BCUT2D eigenvalue weighted by Crippen LogP contribution is -2.01. The molecule has 0 amide bonds. The van der Waals surface area contributed by atoms with Gasteiger partial charge in [-0.25, -0.2) is 0 Å². The summed E-state index contributed by atoms with van der Waals surface area (Å²) < 4.78 is 2.22. The first kappa shape index (κ1) is 12.2. The van der Waals surface area contributed by atoms with Crippen LogP contribution >= 0.6 is 11.3 Å². The third-order valence-corrected chi connectivity index (χ3v) is 4.19. The number of aromatic nitrogens is 1. The fraction of sp³-hybridized carbons (Fsp3) is 0.188. The van der Waals surface area contributed by atoms with E-state index in [2.05, 4.69) is 35.0 Å². The Morgan fingerprint density at radius 3 is 2.84 bits per heavy atom. The lowest BCUT2D eigenvalue weighted by Gasteiger charge is -2.04. The van der Waals surface area contributed by atoms with Gasteiger partial charge in [0.2, 0.25) is 0 Å². The minimum absolute atomic E-state index is 0.256. The molecule has 0 aliphatic rings. The number of Topliss-reactive ketones (excluding diaryl/α,β-unsaturated/α-hetero) is 1. The van der Waals surface area contributed by atoms with Crippen LogP contribution < -0.4 is 0 Å². The molecule has 1 aromatic carbocycles. The summed E-state index contributed by atoms with van der Waals surface area (Å²) in [5, 5.41) is 3.21. The van der Waals surface area contributed by atoms with Crippen LogP contribution in [-0.4, -0.2) is 10.4 Å². The van der Waals surface area contributed by atoms with Crippen LogP contribution in [0.5, 0.6) is 0 Å². The zero-order chi connectivity index (χ0) is 13.1. The predicted molar refractivity (Wildman–Crippen MR) is 79.8 cm³/mol. The number of carbonyl (C=O) groups excluding carboxylic acids is 1. The van der Waals surface area contributed by atoms with Crippen LogP contribution in [0.15, 0.2) is 54.0 Å². The van der Waals surface area contributed by atoms with E-state index in [-0.39, 0.29) is 5.78 Å². The Labute approximate surface area is 116 Å². The molecule has 2 nitrogen and oxygen atoms in total. The molecule has 0 radical (unpaired) electrons. The molecule has 19 heavy (non-hydrogen) atoms. The smallest absolute Gasteiger partial charge is 0.172 e. The van der Waals surface area contributed by atoms with Gasteiger partial charge < -0.3 is 4.57 Å². The molecule has 2 heterocycles. The highest BCUT2D eigenvalue weighted by Gasteiger charge is 2.06. The summed E-state index contributed by atoms with van der Waals surface area (Å²) in [6, 6.07) is 14.3. The van der Waals surface area contributed by atoms with Gasteiger partial charge in [0.05, 0.1) is 4.88 Å². The van der Waals surface area contributed by atoms with E-state index in [0.29, 0.717) is 6.42 Å². The topological polar surface area (TPSA) is 22.0 Å². The van der Waals surface area contributed by atoms with Crippen LogP contribution in [0.1, 0.15) is 22.5 Å². The lowest BCUT2D eigenvalue weighted by molar-refractivity contribution is 0.0982. The maximum absolute atomic E-state index is 11.9. The summed E-state index contributed by atoms with van der Waals surface area (Å²) in [6.45, 7) is 0.893. The average molecular weight is 269 g/mol. The van der Waals surface area contributed by atoms with Gasteiger partial charge in [-0.05, 0) is 35.4 Å². The number of para-hydroxylation sites is 1.